The predicted octanol–water partition coefficient (Wildman–Crippen LogP) is 3.63. The second-order valence-electron chi connectivity index (χ2n) is 4.85. The second-order valence-corrected chi connectivity index (χ2v) is 4.85. The van der Waals surface area contributed by atoms with Crippen LogP contribution in [0.2, 0.25) is 0 Å². The van der Waals surface area contributed by atoms with E-state index in [1.165, 1.54) is 18.4 Å². The maximum Gasteiger partial charge on any atom is 0.121 e. The number of hydrogen-bond acceptors (Lipinski definition) is 2. The molecular weight excluding hydrogens is 210 g/mol. The summed E-state index contributed by atoms with van der Waals surface area (Å²) in [6.45, 7) is 11.7. The number of aromatic hydroxyl groups is 1. The zero-order chi connectivity index (χ0) is 12.8. The summed E-state index contributed by atoms with van der Waals surface area (Å²) in [5, 5.41) is 9.76. The molecule has 0 aliphatic carbocycles. The highest BCUT2D eigenvalue weighted by Gasteiger charge is 2.07. The van der Waals surface area contributed by atoms with Crippen LogP contribution >= 0.6 is 0 Å². The number of aryl methyl sites for hydroxylation is 2. The summed E-state index contributed by atoms with van der Waals surface area (Å²) in [6, 6.07) is 4.20. The lowest BCUT2D eigenvalue weighted by Crippen LogP contribution is -2.24. The molecule has 0 atom stereocenters. The van der Waals surface area contributed by atoms with Gasteiger partial charge >= 0.3 is 0 Å². The van der Waals surface area contributed by atoms with E-state index < -0.39 is 0 Å². The molecule has 2 nitrogen and oxygen atoms in total. The third-order valence-electron chi connectivity index (χ3n) is 3.04. The van der Waals surface area contributed by atoms with Crippen LogP contribution in [0, 0.1) is 13.8 Å². The first-order chi connectivity index (χ1) is 8.08. The summed E-state index contributed by atoms with van der Waals surface area (Å²) >= 11 is 0. The molecule has 0 unspecified atom stereocenters. The smallest absolute Gasteiger partial charge is 0.121 e. The average molecular weight is 235 g/mol. The van der Waals surface area contributed by atoms with E-state index in [0.29, 0.717) is 5.75 Å². The molecule has 0 fully saturated rings. The van der Waals surface area contributed by atoms with E-state index in [1.807, 2.05) is 13.8 Å². The van der Waals surface area contributed by atoms with Crippen LogP contribution in [-0.4, -0.2) is 23.1 Å². The summed E-state index contributed by atoms with van der Waals surface area (Å²) < 4.78 is 0. The van der Waals surface area contributed by atoms with Gasteiger partial charge in [0.2, 0.25) is 0 Å². The maximum atomic E-state index is 9.76. The van der Waals surface area contributed by atoms with Gasteiger partial charge in [0.05, 0.1) is 0 Å². The molecule has 1 rings (SSSR count). The van der Waals surface area contributed by atoms with Crippen LogP contribution in [0.4, 0.5) is 0 Å². The van der Waals surface area contributed by atoms with Crippen molar-refractivity contribution in [1.82, 2.24) is 4.90 Å². The summed E-state index contributed by atoms with van der Waals surface area (Å²) in [5.41, 5.74) is 3.26. The Hall–Kier alpha value is -1.02. The van der Waals surface area contributed by atoms with Crippen molar-refractivity contribution < 1.29 is 5.11 Å². The fourth-order valence-electron chi connectivity index (χ4n) is 2.30. The molecule has 0 saturated carbocycles. The Kier molecular flexibility index (Phi) is 5.49. The SMILES string of the molecule is CCCN(CCC)Cc1cc(C)c(O)c(C)c1. The maximum absolute atomic E-state index is 9.76. The van der Waals surface area contributed by atoms with E-state index in [0.717, 1.165) is 30.8 Å². The Labute approximate surface area is 105 Å². The molecule has 2 heteroatoms. The Morgan fingerprint density at radius 1 is 1.00 bits per heavy atom. The van der Waals surface area contributed by atoms with Crippen molar-refractivity contribution in [2.75, 3.05) is 13.1 Å². The lowest BCUT2D eigenvalue weighted by molar-refractivity contribution is 0.266. The molecule has 0 bridgehead atoms. The van der Waals surface area contributed by atoms with Crippen LogP contribution in [0.15, 0.2) is 12.1 Å². The van der Waals surface area contributed by atoms with E-state index in [9.17, 15) is 5.11 Å². The van der Waals surface area contributed by atoms with Crippen LogP contribution in [0.3, 0.4) is 0 Å². The highest BCUT2D eigenvalue weighted by Crippen LogP contribution is 2.23. The minimum atomic E-state index is 0.436. The van der Waals surface area contributed by atoms with Crippen molar-refractivity contribution in [2.24, 2.45) is 0 Å². The van der Waals surface area contributed by atoms with Crippen molar-refractivity contribution in [3.8, 4) is 5.75 Å². The molecule has 1 N–H and O–H groups in total. The number of phenolic OH excluding ortho intramolecular Hbond substituents is 1. The summed E-state index contributed by atoms with van der Waals surface area (Å²) in [7, 11) is 0. The zero-order valence-electron chi connectivity index (χ0n) is 11.6. The van der Waals surface area contributed by atoms with E-state index >= 15 is 0 Å². The van der Waals surface area contributed by atoms with Crippen molar-refractivity contribution in [3.63, 3.8) is 0 Å². The first kappa shape index (κ1) is 14.0. The average Bonchev–Trinajstić information content (AvgIpc) is 2.26. The summed E-state index contributed by atoms with van der Waals surface area (Å²) in [5.74, 6) is 0.436. The Bertz CT molecular complexity index is 331. The van der Waals surface area contributed by atoms with Gasteiger partial charge in [0.15, 0.2) is 0 Å². The molecule has 17 heavy (non-hydrogen) atoms. The molecule has 0 radical (unpaired) electrons. The second kappa shape index (κ2) is 6.65. The van der Waals surface area contributed by atoms with Gasteiger partial charge in [-0.25, -0.2) is 0 Å². The third-order valence-corrected chi connectivity index (χ3v) is 3.04. The van der Waals surface area contributed by atoms with Crippen molar-refractivity contribution >= 4 is 0 Å². The van der Waals surface area contributed by atoms with Gasteiger partial charge in [-0.15, -0.1) is 0 Å². The zero-order valence-corrected chi connectivity index (χ0v) is 11.6. The number of phenols is 1. The molecular formula is C15H25NO. The number of benzene rings is 1. The van der Waals surface area contributed by atoms with Crippen molar-refractivity contribution in [3.05, 3.63) is 28.8 Å². The van der Waals surface area contributed by atoms with Crippen LogP contribution in [-0.2, 0) is 6.54 Å². The molecule has 0 aromatic heterocycles. The Morgan fingerprint density at radius 2 is 1.47 bits per heavy atom. The normalized spacial score (nSPS) is 11.1. The molecule has 0 spiro atoms. The minimum absolute atomic E-state index is 0.436. The third kappa shape index (κ3) is 4.04. The van der Waals surface area contributed by atoms with Gasteiger partial charge in [-0.3, -0.25) is 4.90 Å². The minimum Gasteiger partial charge on any atom is -0.507 e. The Morgan fingerprint density at radius 3 is 1.88 bits per heavy atom. The van der Waals surface area contributed by atoms with Gasteiger partial charge in [-0.1, -0.05) is 26.0 Å². The van der Waals surface area contributed by atoms with Gasteiger partial charge in [0.1, 0.15) is 5.75 Å². The topological polar surface area (TPSA) is 23.5 Å². The quantitative estimate of drug-likeness (QED) is 0.814. The molecule has 0 amide bonds. The highest BCUT2D eigenvalue weighted by molar-refractivity contribution is 5.42. The van der Waals surface area contributed by atoms with Crippen molar-refractivity contribution in [1.29, 1.82) is 0 Å². The predicted molar refractivity (Wildman–Crippen MR) is 73.4 cm³/mol. The number of nitrogens with zero attached hydrogens (tertiary/aromatic N) is 1. The van der Waals surface area contributed by atoms with Crippen molar-refractivity contribution in [2.45, 2.75) is 47.1 Å². The van der Waals surface area contributed by atoms with E-state index in [1.54, 1.807) is 0 Å². The monoisotopic (exact) mass is 235 g/mol. The van der Waals surface area contributed by atoms with Gasteiger partial charge in [-0.05, 0) is 56.5 Å². The van der Waals surface area contributed by atoms with E-state index in [-0.39, 0.29) is 0 Å². The lowest BCUT2D eigenvalue weighted by atomic mass is 10.1. The van der Waals surface area contributed by atoms with Crippen LogP contribution < -0.4 is 0 Å². The molecule has 96 valence electrons. The van der Waals surface area contributed by atoms with E-state index in [4.69, 9.17) is 0 Å². The first-order valence-corrected chi connectivity index (χ1v) is 6.59. The molecule has 0 aliphatic rings. The summed E-state index contributed by atoms with van der Waals surface area (Å²) in [4.78, 5) is 2.48. The molecule has 0 heterocycles. The Balaban J connectivity index is 2.78. The molecule has 1 aromatic carbocycles. The first-order valence-electron chi connectivity index (χ1n) is 6.59. The molecule has 0 saturated heterocycles. The van der Waals surface area contributed by atoms with Crippen LogP contribution in [0.25, 0.3) is 0 Å². The van der Waals surface area contributed by atoms with Crippen LogP contribution in [0.5, 0.6) is 5.75 Å². The molecule has 1 aromatic rings. The van der Waals surface area contributed by atoms with Gasteiger partial charge in [0, 0.05) is 6.54 Å². The van der Waals surface area contributed by atoms with Gasteiger partial charge in [-0.2, -0.15) is 0 Å². The van der Waals surface area contributed by atoms with Gasteiger partial charge in [0.25, 0.3) is 0 Å². The molecule has 0 aliphatic heterocycles. The van der Waals surface area contributed by atoms with E-state index in [2.05, 4.69) is 30.9 Å². The van der Waals surface area contributed by atoms with Crippen LogP contribution in [0.1, 0.15) is 43.4 Å². The lowest BCUT2D eigenvalue weighted by Gasteiger charge is -2.21. The summed E-state index contributed by atoms with van der Waals surface area (Å²) in [6.07, 6.45) is 2.38. The number of hydrogen-bond donors (Lipinski definition) is 1. The fraction of sp³-hybridized carbons (Fsp3) is 0.600. The van der Waals surface area contributed by atoms with Gasteiger partial charge < -0.3 is 5.11 Å². The highest BCUT2D eigenvalue weighted by atomic mass is 16.3. The standard InChI is InChI=1S/C15H25NO/c1-5-7-16(8-6-2)11-14-9-12(3)15(17)13(4)10-14/h9-10,17H,5-8,11H2,1-4H3. The number of rotatable bonds is 6. The largest absolute Gasteiger partial charge is 0.507 e. The fourth-order valence-corrected chi connectivity index (χ4v) is 2.30.